The largest absolute Gasteiger partial charge is 0.416 e. The molecule has 0 atom stereocenters. The number of amides is 2. The lowest BCUT2D eigenvalue weighted by molar-refractivity contribution is -0.137. The first-order valence-corrected chi connectivity index (χ1v) is 12.2. The van der Waals surface area contributed by atoms with Gasteiger partial charge in [-0.15, -0.1) is 0 Å². The molecule has 0 spiro atoms. The molecule has 0 aliphatic carbocycles. The zero-order chi connectivity index (χ0) is 26.0. The lowest BCUT2D eigenvalue weighted by Gasteiger charge is -2.38. The van der Waals surface area contributed by atoms with Gasteiger partial charge in [0.05, 0.1) is 5.56 Å². The van der Waals surface area contributed by atoms with Gasteiger partial charge in [-0.3, -0.25) is 0 Å². The zero-order valence-corrected chi connectivity index (χ0v) is 21.5. The Kier molecular flexibility index (Phi) is 7.97. The van der Waals surface area contributed by atoms with Crippen molar-refractivity contribution in [2.24, 2.45) is 0 Å². The average Bonchev–Trinajstić information content (AvgIpc) is 2.77. The number of anilines is 1. The topological polar surface area (TPSA) is 61.4 Å². The third-order valence-electron chi connectivity index (χ3n) is 5.92. The zero-order valence-electron chi connectivity index (χ0n) is 21.5. The minimum absolute atomic E-state index is 0.0962. The molecule has 1 aromatic heterocycles. The van der Waals surface area contributed by atoms with Gasteiger partial charge in [-0.2, -0.15) is 13.2 Å². The third kappa shape index (κ3) is 6.86. The predicted molar refractivity (Wildman–Crippen MR) is 132 cm³/mol. The average molecular weight is 492 g/mol. The fourth-order valence-corrected chi connectivity index (χ4v) is 4.11. The molecule has 3 rings (SSSR count). The van der Waals surface area contributed by atoms with Crippen molar-refractivity contribution >= 4 is 11.8 Å². The molecule has 1 aromatic carbocycles. The van der Waals surface area contributed by atoms with Crippen LogP contribution in [0.2, 0.25) is 0 Å². The second-order valence-electron chi connectivity index (χ2n) is 10.4. The Morgan fingerprint density at radius 2 is 1.74 bits per heavy atom. The summed E-state index contributed by atoms with van der Waals surface area (Å²) in [4.78, 5) is 26.2. The summed E-state index contributed by atoms with van der Waals surface area (Å²) in [6.45, 7) is 14.1. The van der Waals surface area contributed by atoms with Crippen LogP contribution in [0.5, 0.6) is 0 Å². The first-order chi connectivity index (χ1) is 16.3. The van der Waals surface area contributed by atoms with Gasteiger partial charge in [-0.1, -0.05) is 39.0 Å². The molecule has 1 aliphatic heterocycles. The van der Waals surface area contributed by atoms with E-state index >= 15 is 0 Å². The predicted octanol–water partition coefficient (Wildman–Crippen LogP) is 5.40. The molecule has 0 saturated carbocycles. The van der Waals surface area contributed by atoms with Crippen LogP contribution in [-0.2, 0) is 19.0 Å². The smallest absolute Gasteiger partial charge is 0.353 e. The lowest BCUT2D eigenvalue weighted by atomic mass is 9.99. The van der Waals surface area contributed by atoms with Crippen molar-refractivity contribution in [3.63, 3.8) is 0 Å². The van der Waals surface area contributed by atoms with Crippen LogP contribution >= 0.6 is 0 Å². The number of aryl methyl sites for hydroxylation is 1. The third-order valence-corrected chi connectivity index (χ3v) is 5.92. The van der Waals surface area contributed by atoms with E-state index in [1.54, 1.807) is 11.0 Å². The van der Waals surface area contributed by atoms with Crippen molar-refractivity contribution in [2.45, 2.75) is 72.0 Å². The number of rotatable bonds is 5. The number of urea groups is 1. The van der Waals surface area contributed by atoms with Gasteiger partial charge < -0.3 is 15.1 Å². The van der Waals surface area contributed by atoms with E-state index in [-0.39, 0.29) is 17.5 Å². The molecule has 1 aliphatic rings. The summed E-state index contributed by atoms with van der Waals surface area (Å²) in [5.74, 6) is 1.59. The highest BCUT2D eigenvalue weighted by Crippen LogP contribution is 2.32. The minimum Gasteiger partial charge on any atom is -0.353 e. The van der Waals surface area contributed by atoms with E-state index in [9.17, 15) is 18.0 Å². The van der Waals surface area contributed by atoms with Gasteiger partial charge in [0.15, 0.2) is 0 Å². The normalized spacial score (nSPS) is 15.0. The molecule has 1 saturated heterocycles. The van der Waals surface area contributed by atoms with Gasteiger partial charge in [0.1, 0.15) is 11.6 Å². The summed E-state index contributed by atoms with van der Waals surface area (Å²) in [5.41, 5.74) is 1.29. The highest BCUT2D eigenvalue weighted by molar-refractivity contribution is 5.75. The van der Waals surface area contributed by atoms with E-state index in [0.717, 1.165) is 29.0 Å². The van der Waals surface area contributed by atoms with Crippen molar-refractivity contribution in [1.29, 1.82) is 0 Å². The van der Waals surface area contributed by atoms with Gasteiger partial charge >= 0.3 is 12.2 Å². The minimum atomic E-state index is -4.39. The number of halogens is 3. The van der Waals surface area contributed by atoms with Gasteiger partial charge in [-0.05, 0) is 38.8 Å². The molecule has 1 fully saturated rings. The number of carbonyl (C=O) groups is 1. The maximum atomic E-state index is 13.3. The SMILES string of the molecule is CCc1nc(C(C)C)nc(N2CCN(C(=O)NC(C)(C)C)CC2)c1Cc1cccc(C(F)(F)F)c1. The molecule has 0 bridgehead atoms. The first kappa shape index (κ1) is 26.8. The standard InChI is InChI=1S/C26H36F3N5O/c1-7-21-20(16-18-9-8-10-19(15-18)26(27,28)29)23(31-22(30-21)17(2)3)33-11-13-34(14-12-33)24(35)32-25(4,5)6/h8-10,15,17H,7,11-14,16H2,1-6H3,(H,32,35). The fourth-order valence-electron chi connectivity index (χ4n) is 4.11. The van der Waals surface area contributed by atoms with Crippen molar-refractivity contribution in [3.8, 4) is 0 Å². The molecule has 0 unspecified atom stereocenters. The molecular weight excluding hydrogens is 455 g/mol. The first-order valence-electron chi connectivity index (χ1n) is 12.2. The monoisotopic (exact) mass is 491 g/mol. The molecule has 2 heterocycles. The number of hydrogen-bond donors (Lipinski definition) is 1. The van der Waals surface area contributed by atoms with Crippen molar-refractivity contribution < 1.29 is 18.0 Å². The Morgan fingerprint density at radius 1 is 1.09 bits per heavy atom. The van der Waals surface area contributed by atoms with Crippen molar-refractivity contribution in [1.82, 2.24) is 20.2 Å². The number of nitrogens with zero attached hydrogens (tertiary/aromatic N) is 4. The number of aromatic nitrogens is 2. The summed E-state index contributed by atoms with van der Waals surface area (Å²) >= 11 is 0. The van der Waals surface area contributed by atoms with E-state index in [1.165, 1.54) is 12.1 Å². The summed E-state index contributed by atoms with van der Waals surface area (Å²) in [6.07, 6.45) is -3.43. The van der Waals surface area contributed by atoms with Crippen LogP contribution < -0.4 is 10.2 Å². The highest BCUT2D eigenvalue weighted by Gasteiger charge is 2.31. The molecule has 2 aromatic rings. The lowest BCUT2D eigenvalue weighted by Crippen LogP contribution is -2.55. The van der Waals surface area contributed by atoms with E-state index < -0.39 is 11.7 Å². The van der Waals surface area contributed by atoms with Gasteiger partial charge in [0.2, 0.25) is 0 Å². The Labute approximate surface area is 205 Å². The quantitative estimate of drug-likeness (QED) is 0.608. The molecule has 1 N–H and O–H groups in total. The van der Waals surface area contributed by atoms with Crippen LogP contribution in [0.3, 0.4) is 0 Å². The summed E-state index contributed by atoms with van der Waals surface area (Å²) in [5, 5.41) is 3.00. The van der Waals surface area contributed by atoms with Crippen molar-refractivity contribution in [3.05, 3.63) is 52.5 Å². The van der Waals surface area contributed by atoms with Crippen molar-refractivity contribution in [2.75, 3.05) is 31.1 Å². The fraction of sp³-hybridized carbons (Fsp3) is 0.577. The number of nitrogens with one attached hydrogen (secondary N) is 1. The Hall–Kier alpha value is -2.84. The van der Waals surface area contributed by atoms with Crippen LogP contribution in [-0.4, -0.2) is 52.6 Å². The molecule has 9 heteroatoms. The maximum Gasteiger partial charge on any atom is 0.416 e. The van der Waals surface area contributed by atoms with Gasteiger partial charge in [0.25, 0.3) is 0 Å². The second-order valence-corrected chi connectivity index (χ2v) is 10.4. The Balaban J connectivity index is 1.92. The Morgan fingerprint density at radius 3 is 2.29 bits per heavy atom. The summed E-state index contributed by atoms with van der Waals surface area (Å²) in [6, 6.07) is 5.35. The molecule has 6 nitrogen and oxygen atoms in total. The van der Waals surface area contributed by atoms with Crippen LogP contribution in [0.1, 0.15) is 75.7 Å². The van der Waals surface area contributed by atoms with Crippen LogP contribution in [0.25, 0.3) is 0 Å². The number of hydrogen-bond acceptors (Lipinski definition) is 4. The molecular formula is C26H36F3N5O. The number of piperazine rings is 1. The number of benzene rings is 1. The van der Waals surface area contributed by atoms with Gasteiger partial charge in [-0.25, -0.2) is 14.8 Å². The summed E-state index contributed by atoms with van der Waals surface area (Å²) in [7, 11) is 0. The van der Waals surface area contributed by atoms with Crippen LogP contribution in [0.4, 0.5) is 23.8 Å². The van der Waals surface area contributed by atoms with E-state index in [4.69, 9.17) is 9.97 Å². The van der Waals surface area contributed by atoms with E-state index in [0.29, 0.717) is 44.6 Å². The Bertz CT molecular complexity index is 1040. The molecule has 0 radical (unpaired) electrons. The highest BCUT2D eigenvalue weighted by atomic mass is 19.4. The number of alkyl halides is 3. The van der Waals surface area contributed by atoms with Gasteiger partial charge in [0, 0.05) is 55.3 Å². The van der Waals surface area contributed by atoms with E-state index in [1.807, 2.05) is 41.5 Å². The van der Waals surface area contributed by atoms with Crippen LogP contribution in [0, 0.1) is 0 Å². The second kappa shape index (κ2) is 10.4. The molecule has 192 valence electrons. The maximum absolute atomic E-state index is 13.3. The van der Waals surface area contributed by atoms with E-state index in [2.05, 4.69) is 10.2 Å². The molecule has 2 amide bonds. The summed E-state index contributed by atoms with van der Waals surface area (Å²) < 4.78 is 39.9. The molecule has 35 heavy (non-hydrogen) atoms. The van der Waals surface area contributed by atoms with Crippen LogP contribution in [0.15, 0.2) is 24.3 Å². The number of carbonyl (C=O) groups excluding carboxylic acids is 1.